The molecule has 2 rings (SSSR count). The molecule has 1 aromatic carbocycles. The van der Waals surface area contributed by atoms with Crippen LogP contribution in [0.1, 0.15) is 18.4 Å². The minimum Gasteiger partial charge on any atom is -0.491 e. The molecule has 21 heavy (non-hydrogen) atoms. The first kappa shape index (κ1) is 16.5. The number of sulfonamides is 1. The van der Waals surface area contributed by atoms with Crippen molar-refractivity contribution in [1.29, 1.82) is 0 Å². The molecule has 0 amide bonds. The molecule has 5 nitrogen and oxygen atoms in total. The van der Waals surface area contributed by atoms with E-state index in [-0.39, 0.29) is 5.92 Å². The first-order valence-corrected chi connectivity index (χ1v) is 9.20. The molecule has 2 N–H and O–H groups in total. The molecule has 1 atom stereocenters. The Hall–Kier alpha value is -0.820. The average molecular weight is 333 g/mol. The predicted octanol–water partition coefficient (Wildman–Crippen LogP) is 1.85. The van der Waals surface area contributed by atoms with Crippen LogP contribution in [0.5, 0.6) is 5.75 Å². The Labute approximate surface area is 131 Å². The van der Waals surface area contributed by atoms with Crippen molar-refractivity contribution < 1.29 is 13.2 Å². The smallest absolute Gasteiger partial charge is 0.211 e. The number of piperidine rings is 1. The van der Waals surface area contributed by atoms with Gasteiger partial charge in [-0.3, -0.25) is 0 Å². The Morgan fingerprint density at radius 2 is 2.24 bits per heavy atom. The molecule has 1 fully saturated rings. The van der Waals surface area contributed by atoms with Gasteiger partial charge in [-0.15, -0.1) is 0 Å². The highest BCUT2D eigenvalue weighted by Crippen LogP contribution is 2.29. The molecule has 1 saturated heterocycles. The molecule has 1 aromatic rings. The van der Waals surface area contributed by atoms with Gasteiger partial charge in [-0.25, -0.2) is 12.7 Å². The second kappa shape index (κ2) is 6.96. The van der Waals surface area contributed by atoms with Crippen molar-refractivity contribution in [1.82, 2.24) is 4.31 Å². The van der Waals surface area contributed by atoms with E-state index in [2.05, 4.69) is 0 Å². The van der Waals surface area contributed by atoms with E-state index in [9.17, 15) is 8.42 Å². The number of halogens is 1. The molecule has 1 aliphatic heterocycles. The minimum atomic E-state index is -3.13. The molecule has 7 heteroatoms. The van der Waals surface area contributed by atoms with Crippen molar-refractivity contribution in [3.63, 3.8) is 0 Å². The van der Waals surface area contributed by atoms with Gasteiger partial charge in [-0.1, -0.05) is 23.7 Å². The van der Waals surface area contributed by atoms with E-state index in [0.717, 1.165) is 18.4 Å². The summed E-state index contributed by atoms with van der Waals surface area (Å²) in [4.78, 5) is 0. The van der Waals surface area contributed by atoms with Crippen LogP contribution in [-0.2, 0) is 16.6 Å². The normalized spacial score (nSPS) is 20.4. The maximum atomic E-state index is 11.6. The van der Waals surface area contributed by atoms with Gasteiger partial charge in [-0.2, -0.15) is 0 Å². The van der Waals surface area contributed by atoms with Gasteiger partial charge in [0.2, 0.25) is 10.0 Å². The number of ether oxygens (including phenoxy) is 1. The van der Waals surface area contributed by atoms with Gasteiger partial charge >= 0.3 is 0 Å². The monoisotopic (exact) mass is 332 g/mol. The lowest BCUT2D eigenvalue weighted by Gasteiger charge is -2.31. The lowest BCUT2D eigenvalue weighted by atomic mass is 10.0. The van der Waals surface area contributed by atoms with Gasteiger partial charge in [-0.05, 0) is 18.9 Å². The number of nitrogens with zero attached hydrogens (tertiary/aromatic N) is 1. The third-order valence-corrected chi connectivity index (χ3v) is 5.25. The number of rotatable bonds is 5. The Morgan fingerprint density at radius 3 is 2.90 bits per heavy atom. The molecular formula is C14H21ClN2O3S. The highest BCUT2D eigenvalue weighted by Gasteiger charge is 2.26. The average Bonchev–Trinajstić information content (AvgIpc) is 2.45. The number of hydrogen-bond donors (Lipinski definition) is 1. The molecule has 0 aromatic heterocycles. The van der Waals surface area contributed by atoms with Crippen LogP contribution in [0, 0.1) is 5.92 Å². The Kier molecular flexibility index (Phi) is 5.48. The standard InChI is InChI=1S/C14H21ClN2O3S/c1-21(18,19)17-7-3-4-11(9-17)10-20-14-12(8-16)5-2-6-13(14)15/h2,5-6,11H,3-4,7-10,16H2,1H3. The molecule has 0 aliphatic carbocycles. The summed E-state index contributed by atoms with van der Waals surface area (Å²) in [6.07, 6.45) is 3.05. The summed E-state index contributed by atoms with van der Waals surface area (Å²) in [6, 6.07) is 5.48. The van der Waals surface area contributed by atoms with Crippen LogP contribution in [0.3, 0.4) is 0 Å². The van der Waals surface area contributed by atoms with Crippen molar-refractivity contribution in [2.24, 2.45) is 11.7 Å². The van der Waals surface area contributed by atoms with E-state index < -0.39 is 10.0 Å². The molecule has 0 radical (unpaired) electrons. The summed E-state index contributed by atoms with van der Waals surface area (Å²) < 4.78 is 30.6. The van der Waals surface area contributed by atoms with E-state index in [1.54, 1.807) is 6.07 Å². The Bertz CT molecular complexity index is 592. The first-order chi connectivity index (χ1) is 9.91. The second-order valence-corrected chi connectivity index (χ2v) is 7.76. The highest BCUT2D eigenvalue weighted by atomic mass is 35.5. The molecule has 0 bridgehead atoms. The fourth-order valence-corrected chi connectivity index (χ4v) is 3.73. The van der Waals surface area contributed by atoms with Gasteiger partial charge in [0.05, 0.1) is 17.9 Å². The molecular weight excluding hydrogens is 312 g/mol. The van der Waals surface area contributed by atoms with Crippen molar-refractivity contribution in [3.05, 3.63) is 28.8 Å². The molecule has 1 heterocycles. The van der Waals surface area contributed by atoms with E-state index in [0.29, 0.717) is 37.0 Å². The van der Waals surface area contributed by atoms with Crippen LogP contribution in [0.4, 0.5) is 0 Å². The third-order valence-electron chi connectivity index (χ3n) is 3.68. The second-order valence-electron chi connectivity index (χ2n) is 5.37. The van der Waals surface area contributed by atoms with Gasteiger partial charge in [0, 0.05) is 31.1 Å². The van der Waals surface area contributed by atoms with Gasteiger partial charge in [0.1, 0.15) is 5.75 Å². The quantitative estimate of drug-likeness (QED) is 0.893. The zero-order valence-corrected chi connectivity index (χ0v) is 13.7. The summed E-state index contributed by atoms with van der Waals surface area (Å²) in [5.74, 6) is 0.786. The topological polar surface area (TPSA) is 72.6 Å². The van der Waals surface area contributed by atoms with Crippen LogP contribution in [0.25, 0.3) is 0 Å². The third kappa shape index (κ3) is 4.32. The van der Waals surface area contributed by atoms with Crippen molar-refractivity contribution in [2.75, 3.05) is 26.0 Å². The van der Waals surface area contributed by atoms with E-state index in [4.69, 9.17) is 22.1 Å². The van der Waals surface area contributed by atoms with Crippen molar-refractivity contribution >= 4 is 21.6 Å². The maximum absolute atomic E-state index is 11.6. The maximum Gasteiger partial charge on any atom is 0.211 e. The summed E-state index contributed by atoms with van der Waals surface area (Å²) in [5.41, 5.74) is 6.54. The number of para-hydroxylation sites is 1. The predicted molar refractivity (Wildman–Crippen MR) is 84.0 cm³/mol. The van der Waals surface area contributed by atoms with Crippen molar-refractivity contribution in [2.45, 2.75) is 19.4 Å². The zero-order chi connectivity index (χ0) is 15.5. The Balaban J connectivity index is 2.00. The molecule has 118 valence electrons. The number of hydrogen-bond acceptors (Lipinski definition) is 4. The lowest BCUT2D eigenvalue weighted by Crippen LogP contribution is -2.41. The van der Waals surface area contributed by atoms with E-state index in [1.165, 1.54) is 10.6 Å². The SMILES string of the molecule is CS(=O)(=O)N1CCCC(COc2c(Cl)cccc2CN)C1. The largest absolute Gasteiger partial charge is 0.491 e. The van der Waals surface area contributed by atoms with Crippen LogP contribution >= 0.6 is 11.6 Å². The zero-order valence-electron chi connectivity index (χ0n) is 12.1. The van der Waals surface area contributed by atoms with Crippen LogP contribution in [0.15, 0.2) is 18.2 Å². The minimum absolute atomic E-state index is 0.176. The highest BCUT2D eigenvalue weighted by molar-refractivity contribution is 7.88. The van der Waals surface area contributed by atoms with Crippen LogP contribution < -0.4 is 10.5 Å². The van der Waals surface area contributed by atoms with Gasteiger partial charge in [0.25, 0.3) is 0 Å². The fraction of sp³-hybridized carbons (Fsp3) is 0.571. The number of nitrogens with two attached hydrogens (primary N) is 1. The number of benzene rings is 1. The van der Waals surface area contributed by atoms with Gasteiger partial charge in [0.15, 0.2) is 0 Å². The van der Waals surface area contributed by atoms with Gasteiger partial charge < -0.3 is 10.5 Å². The van der Waals surface area contributed by atoms with Crippen LogP contribution in [-0.4, -0.2) is 38.7 Å². The van der Waals surface area contributed by atoms with Crippen molar-refractivity contribution in [3.8, 4) is 5.75 Å². The molecule has 1 aliphatic rings. The fourth-order valence-electron chi connectivity index (χ4n) is 2.54. The van der Waals surface area contributed by atoms with E-state index >= 15 is 0 Å². The van der Waals surface area contributed by atoms with E-state index in [1.807, 2.05) is 12.1 Å². The lowest BCUT2D eigenvalue weighted by molar-refractivity contribution is 0.180. The molecule has 0 saturated carbocycles. The molecule has 0 spiro atoms. The summed E-state index contributed by atoms with van der Waals surface area (Å²) in [7, 11) is -3.13. The summed E-state index contributed by atoms with van der Waals surface area (Å²) >= 11 is 6.14. The molecule has 1 unspecified atom stereocenters. The summed E-state index contributed by atoms with van der Waals surface area (Å²) in [5, 5.41) is 0.536. The summed E-state index contributed by atoms with van der Waals surface area (Å²) in [6.45, 7) is 1.90. The van der Waals surface area contributed by atoms with Crippen LogP contribution in [0.2, 0.25) is 5.02 Å². The first-order valence-electron chi connectivity index (χ1n) is 6.97. The Morgan fingerprint density at radius 1 is 1.48 bits per heavy atom.